The lowest BCUT2D eigenvalue weighted by Crippen LogP contribution is -2.42. The van der Waals surface area contributed by atoms with Gasteiger partial charge in [0, 0.05) is 19.6 Å². The molecule has 0 aliphatic carbocycles. The largest absolute Gasteiger partial charge is 0.356 e. The first-order valence-corrected chi connectivity index (χ1v) is 8.37. The number of hydrogen-bond acceptors (Lipinski definition) is 2. The molecule has 0 rings (SSSR count). The van der Waals surface area contributed by atoms with E-state index in [1.54, 1.807) is 0 Å². The molecule has 4 nitrogen and oxygen atoms in total. The molecule has 0 amide bonds. The maximum absolute atomic E-state index is 4.29. The predicted molar refractivity (Wildman–Crippen MR) is 90.5 cm³/mol. The summed E-state index contributed by atoms with van der Waals surface area (Å²) in [6.45, 7) is 13.4. The molecule has 1 atom stereocenters. The Bertz CT molecular complexity index is 237. The van der Waals surface area contributed by atoms with Crippen molar-refractivity contribution in [1.29, 1.82) is 0 Å². The van der Waals surface area contributed by atoms with Crippen molar-refractivity contribution < 1.29 is 0 Å². The molecule has 0 saturated carbocycles. The van der Waals surface area contributed by atoms with Gasteiger partial charge in [-0.1, -0.05) is 33.6 Å². The summed E-state index contributed by atoms with van der Waals surface area (Å²) in [5, 5.41) is 6.86. The summed E-state index contributed by atoms with van der Waals surface area (Å²) in [6.07, 6.45) is 6.18. The molecule has 0 bridgehead atoms. The maximum atomic E-state index is 4.29. The molecule has 4 heteroatoms. The van der Waals surface area contributed by atoms with Crippen molar-refractivity contribution in [2.75, 3.05) is 33.2 Å². The number of rotatable bonds is 11. The minimum atomic E-state index is 0.475. The Labute approximate surface area is 126 Å². The van der Waals surface area contributed by atoms with Crippen LogP contribution in [-0.2, 0) is 0 Å². The molecule has 0 aliphatic rings. The van der Waals surface area contributed by atoms with Crippen molar-refractivity contribution in [3.63, 3.8) is 0 Å². The van der Waals surface area contributed by atoms with Crippen LogP contribution >= 0.6 is 0 Å². The van der Waals surface area contributed by atoms with E-state index in [1.165, 1.54) is 38.6 Å². The number of nitrogens with zero attached hydrogens (tertiary/aromatic N) is 2. The van der Waals surface area contributed by atoms with Gasteiger partial charge >= 0.3 is 0 Å². The van der Waals surface area contributed by atoms with E-state index in [4.69, 9.17) is 0 Å². The highest BCUT2D eigenvalue weighted by Crippen LogP contribution is 1.99. The molecule has 0 fully saturated rings. The topological polar surface area (TPSA) is 39.7 Å². The Morgan fingerprint density at radius 3 is 2.35 bits per heavy atom. The van der Waals surface area contributed by atoms with Gasteiger partial charge in [0.05, 0.1) is 0 Å². The lowest BCUT2D eigenvalue weighted by atomic mass is 10.2. The molecule has 0 heterocycles. The van der Waals surface area contributed by atoms with Crippen LogP contribution in [0.2, 0.25) is 0 Å². The van der Waals surface area contributed by atoms with Crippen molar-refractivity contribution >= 4 is 5.96 Å². The molecule has 20 heavy (non-hydrogen) atoms. The first kappa shape index (κ1) is 19.2. The van der Waals surface area contributed by atoms with Crippen LogP contribution in [0.3, 0.4) is 0 Å². The molecular formula is C16H36N4. The monoisotopic (exact) mass is 284 g/mol. The number of aliphatic imine (C=N–C) groups is 1. The quantitative estimate of drug-likeness (QED) is 0.348. The molecule has 0 radical (unpaired) electrons. The van der Waals surface area contributed by atoms with E-state index >= 15 is 0 Å². The molecule has 0 aromatic heterocycles. The zero-order valence-electron chi connectivity index (χ0n) is 14.3. The third-order valence-corrected chi connectivity index (χ3v) is 3.69. The van der Waals surface area contributed by atoms with E-state index in [2.05, 4.69) is 48.2 Å². The van der Waals surface area contributed by atoms with Crippen LogP contribution in [0.1, 0.15) is 59.8 Å². The zero-order chi connectivity index (χ0) is 15.2. The number of unbranched alkanes of at least 4 members (excludes halogenated alkanes) is 2. The molecule has 0 saturated heterocycles. The van der Waals surface area contributed by atoms with Gasteiger partial charge in [0.1, 0.15) is 0 Å². The van der Waals surface area contributed by atoms with Crippen molar-refractivity contribution in [3.05, 3.63) is 0 Å². The van der Waals surface area contributed by atoms with Gasteiger partial charge in [-0.3, -0.25) is 4.99 Å². The van der Waals surface area contributed by atoms with Gasteiger partial charge in [0.15, 0.2) is 5.96 Å². The SMILES string of the molecule is CCCCCNC(=NC)NC(C)CCCN(CC)CC. The highest BCUT2D eigenvalue weighted by Gasteiger charge is 2.06. The van der Waals surface area contributed by atoms with E-state index in [-0.39, 0.29) is 0 Å². The fourth-order valence-corrected chi connectivity index (χ4v) is 2.24. The first-order valence-electron chi connectivity index (χ1n) is 8.37. The molecule has 2 N–H and O–H groups in total. The van der Waals surface area contributed by atoms with Crippen molar-refractivity contribution in [2.45, 2.75) is 65.8 Å². The van der Waals surface area contributed by atoms with Crippen molar-refractivity contribution in [3.8, 4) is 0 Å². The van der Waals surface area contributed by atoms with Gasteiger partial charge in [0.2, 0.25) is 0 Å². The fraction of sp³-hybridized carbons (Fsp3) is 0.938. The average molecular weight is 284 g/mol. The maximum Gasteiger partial charge on any atom is 0.191 e. The molecule has 0 aromatic carbocycles. The first-order chi connectivity index (χ1) is 9.67. The standard InChI is InChI=1S/C16H36N4/c1-6-9-10-13-18-16(17-5)19-15(4)12-11-14-20(7-2)8-3/h15H,6-14H2,1-5H3,(H2,17,18,19). The summed E-state index contributed by atoms with van der Waals surface area (Å²) in [4.78, 5) is 6.76. The molecule has 1 unspecified atom stereocenters. The van der Waals surface area contributed by atoms with Gasteiger partial charge in [-0.15, -0.1) is 0 Å². The van der Waals surface area contributed by atoms with E-state index in [9.17, 15) is 0 Å². The van der Waals surface area contributed by atoms with E-state index in [1.807, 2.05) is 7.05 Å². The van der Waals surface area contributed by atoms with E-state index in [0.29, 0.717) is 6.04 Å². The summed E-state index contributed by atoms with van der Waals surface area (Å²) in [6, 6.07) is 0.475. The van der Waals surface area contributed by atoms with Gasteiger partial charge in [-0.25, -0.2) is 0 Å². The minimum absolute atomic E-state index is 0.475. The van der Waals surface area contributed by atoms with Crippen LogP contribution in [0, 0.1) is 0 Å². The zero-order valence-corrected chi connectivity index (χ0v) is 14.3. The smallest absolute Gasteiger partial charge is 0.191 e. The lowest BCUT2D eigenvalue weighted by Gasteiger charge is -2.21. The van der Waals surface area contributed by atoms with Crippen LogP contribution in [0.4, 0.5) is 0 Å². The molecule has 0 spiro atoms. The lowest BCUT2D eigenvalue weighted by molar-refractivity contribution is 0.292. The normalized spacial score (nSPS) is 13.6. The third kappa shape index (κ3) is 10.1. The van der Waals surface area contributed by atoms with Gasteiger partial charge in [-0.05, 0) is 45.8 Å². The Balaban J connectivity index is 3.78. The van der Waals surface area contributed by atoms with Gasteiger partial charge in [-0.2, -0.15) is 0 Å². The average Bonchev–Trinajstić information content (AvgIpc) is 2.46. The Morgan fingerprint density at radius 1 is 1.10 bits per heavy atom. The van der Waals surface area contributed by atoms with Crippen LogP contribution in [0.15, 0.2) is 4.99 Å². The highest BCUT2D eigenvalue weighted by atomic mass is 15.2. The van der Waals surface area contributed by atoms with Gasteiger partial charge < -0.3 is 15.5 Å². The number of nitrogens with one attached hydrogen (secondary N) is 2. The van der Waals surface area contributed by atoms with Crippen LogP contribution in [-0.4, -0.2) is 50.1 Å². The van der Waals surface area contributed by atoms with E-state index in [0.717, 1.165) is 25.6 Å². The summed E-state index contributed by atoms with van der Waals surface area (Å²) >= 11 is 0. The molecule has 0 aromatic rings. The van der Waals surface area contributed by atoms with Crippen LogP contribution < -0.4 is 10.6 Å². The predicted octanol–water partition coefficient (Wildman–Crippen LogP) is 2.85. The fourth-order valence-electron chi connectivity index (χ4n) is 2.24. The summed E-state index contributed by atoms with van der Waals surface area (Å²) in [7, 11) is 1.85. The summed E-state index contributed by atoms with van der Waals surface area (Å²) in [5.74, 6) is 0.941. The third-order valence-electron chi connectivity index (χ3n) is 3.69. The second-order valence-corrected chi connectivity index (χ2v) is 5.42. The second-order valence-electron chi connectivity index (χ2n) is 5.42. The van der Waals surface area contributed by atoms with Crippen LogP contribution in [0.25, 0.3) is 0 Å². The highest BCUT2D eigenvalue weighted by molar-refractivity contribution is 5.79. The Kier molecular flexibility index (Phi) is 12.7. The second kappa shape index (κ2) is 13.2. The number of hydrogen-bond donors (Lipinski definition) is 2. The van der Waals surface area contributed by atoms with E-state index < -0.39 is 0 Å². The minimum Gasteiger partial charge on any atom is -0.356 e. The Morgan fingerprint density at radius 2 is 1.80 bits per heavy atom. The van der Waals surface area contributed by atoms with Crippen molar-refractivity contribution in [2.24, 2.45) is 4.99 Å². The molecular weight excluding hydrogens is 248 g/mol. The Hall–Kier alpha value is -0.770. The molecule has 0 aliphatic heterocycles. The number of guanidine groups is 1. The van der Waals surface area contributed by atoms with Gasteiger partial charge in [0.25, 0.3) is 0 Å². The summed E-state index contributed by atoms with van der Waals surface area (Å²) in [5.41, 5.74) is 0. The van der Waals surface area contributed by atoms with Crippen molar-refractivity contribution in [1.82, 2.24) is 15.5 Å². The van der Waals surface area contributed by atoms with Crippen LogP contribution in [0.5, 0.6) is 0 Å². The molecule has 120 valence electrons. The summed E-state index contributed by atoms with van der Waals surface area (Å²) < 4.78 is 0.